The number of nitrogens with zero attached hydrogens (tertiary/aromatic N) is 2. The van der Waals surface area contributed by atoms with Crippen molar-refractivity contribution in [2.45, 2.75) is 64.5 Å². The second-order valence-corrected chi connectivity index (χ2v) is 6.48. The number of carboxylic acids is 1. The largest absolute Gasteiger partial charge is 0.481 e. The summed E-state index contributed by atoms with van der Waals surface area (Å²) in [7, 11) is 0. The number of urea groups is 1. The number of carbonyl (C=O) groups excluding carboxylic acids is 1. The number of hydrogen-bond donors (Lipinski definition) is 1. The lowest BCUT2D eigenvalue weighted by molar-refractivity contribution is -0.138. The molecule has 2 fully saturated rings. The zero-order valence-corrected chi connectivity index (χ0v) is 12.5. The van der Waals surface area contributed by atoms with Crippen molar-refractivity contribution in [1.29, 1.82) is 0 Å². The van der Waals surface area contributed by atoms with Crippen LogP contribution in [0.25, 0.3) is 0 Å². The summed E-state index contributed by atoms with van der Waals surface area (Å²) in [5, 5.41) is 8.96. The number of carbonyl (C=O) groups is 2. The van der Waals surface area contributed by atoms with E-state index in [0.29, 0.717) is 18.5 Å². The Morgan fingerprint density at radius 3 is 2.55 bits per heavy atom. The quantitative estimate of drug-likeness (QED) is 0.814. The minimum absolute atomic E-state index is 0.0666. The number of aliphatic carboxylic acids is 1. The molecule has 0 radical (unpaired) electrons. The van der Waals surface area contributed by atoms with E-state index < -0.39 is 5.97 Å². The number of rotatable bonds is 6. The van der Waals surface area contributed by atoms with E-state index in [0.717, 1.165) is 38.6 Å². The van der Waals surface area contributed by atoms with E-state index in [1.54, 1.807) is 4.90 Å². The maximum atomic E-state index is 12.7. The van der Waals surface area contributed by atoms with Crippen molar-refractivity contribution in [1.82, 2.24) is 9.80 Å². The minimum Gasteiger partial charge on any atom is -0.481 e. The fourth-order valence-corrected chi connectivity index (χ4v) is 2.88. The van der Waals surface area contributed by atoms with E-state index in [2.05, 4.69) is 13.8 Å². The van der Waals surface area contributed by atoms with Crippen LogP contribution < -0.4 is 0 Å². The molecular formula is C15H26N2O3. The highest BCUT2D eigenvalue weighted by molar-refractivity contribution is 5.77. The van der Waals surface area contributed by atoms with Gasteiger partial charge in [0, 0.05) is 25.2 Å². The van der Waals surface area contributed by atoms with Gasteiger partial charge < -0.3 is 14.9 Å². The van der Waals surface area contributed by atoms with Gasteiger partial charge in [0.15, 0.2) is 0 Å². The topological polar surface area (TPSA) is 60.9 Å². The highest BCUT2D eigenvalue weighted by Gasteiger charge is 2.38. The van der Waals surface area contributed by atoms with Crippen LogP contribution in [0.5, 0.6) is 0 Å². The van der Waals surface area contributed by atoms with Crippen molar-refractivity contribution in [2.24, 2.45) is 5.92 Å². The Hall–Kier alpha value is -1.26. The normalized spacial score (nSPS) is 22.4. The van der Waals surface area contributed by atoms with Crippen LogP contribution in [0.2, 0.25) is 0 Å². The predicted octanol–water partition coefficient (Wildman–Crippen LogP) is 2.56. The van der Waals surface area contributed by atoms with Gasteiger partial charge in [-0.15, -0.1) is 0 Å². The van der Waals surface area contributed by atoms with Gasteiger partial charge in [0.2, 0.25) is 0 Å². The van der Waals surface area contributed by atoms with E-state index >= 15 is 0 Å². The number of likely N-dealkylation sites (tertiary alicyclic amines) is 1. The highest BCUT2D eigenvalue weighted by Crippen LogP contribution is 2.31. The van der Waals surface area contributed by atoms with Crippen LogP contribution >= 0.6 is 0 Å². The van der Waals surface area contributed by atoms with Crippen LogP contribution in [-0.4, -0.2) is 52.1 Å². The molecule has 0 aromatic carbocycles. The van der Waals surface area contributed by atoms with Crippen molar-refractivity contribution in [2.75, 3.05) is 13.1 Å². The Morgan fingerprint density at radius 2 is 2.00 bits per heavy atom. The first-order chi connectivity index (χ1) is 9.49. The zero-order valence-electron chi connectivity index (χ0n) is 12.5. The third-order valence-electron chi connectivity index (χ3n) is 4.21. The van der Waals surface area contributed by atoms with Crippen LogP contribution in [0, 0.1) is 5.92 Å². The maximum Gasteiger partial charge on any atom is 0.320 e. The van der Waals surface area contributed by atoms with Crippen LogP contribution in [0.15, 0.2) is 0 Å². The maximum absolute atomic E-state index is 12.7. The minimum atomic E-state index is -0.810. The highest BCUT2D eigenvalue weighted by atomic mass is 16.4. The van der Waals surface area contributed by atoms with Gasteiger partial charge in [-0.05, 0) is 38.0 Å². The lowest BCUT2D eigenvalue weighted by Crippen LogP contribution is -2.47. The van der Waals surface area contributed by atoms with Crippen LogP contribution in [0.3, 0.4) is 0 Å². The standard InChI is InChI=1S/C15H26N2O3/c1-11(2)7-9-17(12-5-6-12)15(20)16-8-3-4-13(16)10-14(18)19/h11-13H,3-10H2,1-2H3,(H,18,19). The van der Waals surface area contributed by atoms with Crippen molar-refractivity contribution < 1.29 is 14.7 Å². The molecule has 2 rings (SSSR count). The third-order valence-corrected chi connectivity index (χ3v) is 4.21. The second kappa shape index (κ2) is 6.46. The number of amides is 2. The van der Waals surface area contributed by atoms with Gasteiger partial charge in [-0.3, -0.25) is 4.79 Å². The van der Waals surface area contributed by atoms with Crippen LogP contribution in [0.4, 0.5) is 4.79 Å². The molecule has 5 heteroatoms. The van der Waals surface area contributed by atoms with Crippen molar-refractivity contribution >= 4 is 12.0 Å². The smallest absolute Gasteiger partial charge is 0.320 e. The second-order valence-electron chi connectivity index (χ2n) is 6.48. The monoisotopic (exact) mass is 282 g/mol. The summed E-state index contributed by atoms with van der Waals surface area (Å²) < 4.78 is 0. The molecule has 1 heterocycles. The molecule has 2 amide bonds. The van der Waals surface area contributed by atoms with Crippen molar-refractivity contribution in [3.8, 4) is 0 Å². The molecule has 1 saturated carbocycles. The fourth-order valence-electron chi connectivity index (χ4n) is 2.88. The van der Waals surface area contributed by atoms with Crippen LogP contribution in [-0.2, 0) is 4.79 Å². The molecule has 1 N–H and O–H groups in total. The molecule has 1 unspecified atom stereocenters. The molecule has 5 nitrogen and oxygen atoms in total. The summed E-state index contributed by atoms with van der Waals surface area (Å²) in [6, 6.07) is 0.351. The Labute approximate surface area is 120 Å². The molecule has 1 aliphatic carbocycles. The predicted molar refractivity (Wildman–Crippen MR) is 76.6 cm³/mol. The summed E-state index contributed by atoms with van der Waals surface area (Å²) in [6.07, 6.45) is 5.03. The van der Waals surface area contributed by atoms with Gasteiger partial charge in [0.05, 0.1) is 6.42 Å². The molecule has 0 spiro atoms. The molecule has 0 aromatic heterocycles. The van der Waals surface area contributed by atoms with Crippen molar-refractivity contribution in [3.05, 3.63) is 0 Å². The SMILES string of the molecule is CC(C)CCN(C(=O)N1CCCC1CC(=O)O)C1CC1. The summed E-state index contributed by atoms with van der Waals surface area (Å²) >= 11 is 0. The summed E-state index contributed by atoms with van der Waals surface area (Å²) in [6.45, 7) is 5.84. The molecule has 20 heavy (non-hydrogen) atoms. The Kier molecular flexibility index (Phi) is 4.89. The fraction of sp³-hybridized carbons (Fsp3) is 0.867. The van der Waals surface area contributed by atoms with Gasteiger partial charge in [-0.2, -0.15) is 0 Å². The molecule has 0 bridgehead atoms. The third kappa shape index (κ3) is 3.87. The zero-order chi connectivity index (χ0) is 14.7. The average molecular weight is 282 g/mol. The van der Waals surface area contributed by atoms with E-state index in [-0.39, 0.29) is 18.5 Å². The van der Waals surface area contributed by atoms with E-state index in [4.69, 9.17) is 5.11 Å². The number of carboxylic acid groups (broad SMARTS) is 1. The Morgan fingerprint density at radius 1 is 1.30 bits per heavy atom. The van der Waals surface area contributed by atoms with Crippen LogP contribution in [0.1, 0.15) is 52.4 Å². The van der Waals surface area contributed by atoms with Gasteiger partial charge >= 0.3 is 12.0 Å². The van der Waals surface area contributed by atoms with Gasteiger partial charge in [-0.1, -0.05) is 13.8 Å². The van der Waals surface area contributed by atoms with E-state index in [9.17, 15) is 9.59 Å². The lowest BCUT2D eigenvalue weighted by Gasteiger charge is -2.32. The first-order valence-electron chi connectivity index (χ1n) is 7.78. The number of hydrogen-bond acceptors (Lipinski definition) is 2. The summed E-state index contributed by atoms with van der Waals surface area (Å²) in [4.78, 5) is 27.4. The van der Waals surface area contributed by atoms with Crippen molar-refractivity contribution in [3.63, 3.8) is 0 Å². The molecular weight excluding hydrogens is 256 g/mol. The molecule has 114 valence electrons. The molecule has 1 saturated heterocycles. The molecule has 1 atom stereocenters. The van der Waals surface area contributed by atoms with Gasteiger partial charge in [-0.25, -0.2) is 4.79 Å². The Bertz CT molecular complexity index is 366. The van der Waals surface area contributed by atoms with Gasteiger partial charge in [0.25, 0.3) is 0 Å². The lowest BCUT2D eigenvalue weighted by atomic mass is 10.1. The molecule has 0 aromatic rings. The Balaban J connectivity index is 1.97. The van der Waals surface area contributed by atoms with Gasteiger partial charge in [0.1, 0.15) is 0 Å². The first kappa shape index (κ1) is 15.1. The summed E-state index contributed by atoms with van der Waals surface area (Å²) in [5.74, 6) is -0.229. The van der Waals surface area contributed by atoms with E-state index in [1.807, 2.05) is 4.90 Å². The average Bonchev–Trinajstić information content (AvgIpc) is 3.08. The molecule has 1 aliphatic heterocycles. The summed E-state index contributed by atoms with van der Waals surface area (Å²) in [5.41, 5.74) is 0. The van der Waals surface area contributed by atoms with E-state index in [1.165, 1.54) is 0 Å². The molecule has 2 aliphatic rings. The first-order valence-corrected chi connectivity index (χ1v) is 7.78.